The van der Waals surface area contributed by atoms with E-state index in [1.54, 1.807) is 32.2 Å². The Morgan fingerprint density at radius 3 is 2.66 bits per heavy atom. The number of amides is 2. The Hall–Kier alpha value is -2.25. The van der Waals surface area contributed by atoms with Gasteiger partial charge in [0, 0.05) is 17.6 Å². The van der Waals surface area contributed by atoms with Crippen molar-refractivity contribution in [2.75, 3.05) is 20.3 Å². The SMILES string of the molecule is CCNC(=O)[C@H](C)N(Cc1cccc(OC)c1)C(=O)COc1ccc(Br)cc1Cl. The van der Waals surface area contributed by atoms with E-state index in [0.717, 1.165) is 10.0 Å². The van der Waals surface area contributed by atoms with Gasteiger partial charge in [0.25, 0.3) is 5.91 Å². The number of hydrogen-bond acceptors (Lipinski definition) is 4. The zero-order valence-corrected chi connectivity index (χ0v) is 18.9. The Bertz CT molecular complexity index is 862. The fourth-order valence-corrected chi connectivity index (χ4v) is 3.41. The van der Waals surface area contributed by atoms with Gasteiger partial charge in [0.05, 0.1) is 12.1 Å². The van der Waals surface area contributed by atoms with Crippen molar-refractivity contribution in [3.8, 4) is 11.5 Å². The topological polar surface area (TPSA) is 67.9 Å². The number of likely N-dealkylation sites (N-methyl/N-ethyl adjacent to an activating group) is 1. The maximum absolute atomic E-state index is 12.9. The minimum absolute atomic E-state index is 0.231. The van der Waals surface area contributed by atoms with Crippen molar-refractivity contribution >= 4 is 39.3 Å². The Morgan fingerprint density at radius 1 is 1.24 bits per heavy atom. The van der Waals surface area contributed by atoms with Crippen LogP contribution in [0.15, 0.2) is 46.9 Å². The first-order valence-corrected chi connectivity index (χ1v) is 10.3. The third-order valence-corrected chi connectivity index (χ3v) is 5.04. The summed E-state index contributed by atoms with van der Waals surface area (Å²) in [6.07, 6.45) is 0. The quantitative estimate of drug-likeness (QED) is 0.584. The van der Waals surface area contributed by atoms with Gasteiger partial charge >= 0.3 is 0 Å². The molecule has 0 aliphatic rings. The highest BCUT2D eigenvalue weighted by atomic mass is 79.9. The lowest BCUT2D eigenvalue weighted by Crippen LogP contribution is -2.49. The summed E-state index contributed by atoms with van der Waals surface area (Å²) in [6, 6.07) is 11.8. The molecule has 2 rings (SSSR count). The molecule has 0 aliphatic carbocycles. The number of carbonyl (C=O) groups is 2. The first-order chi connectivity index (χ1) is 13.8. The maximum Gasteiger partial charge on any atom is 0.261 e. The number of rotatable bonds is 9. The summed E-state index contributed by atoms with van der Waals surface area (Å²) in [6.45, 7) is 4.00. The van der Waals surface area contributed by atoms with E-state index in [1.165, 1.54) is 4.90 Å². The molecule has 0 aromatic heterocycles. The number of nitrogens with zero attached hydrogens (tertiary/aromatic N) is 1. The molecule has 0 aliphatic heterocycles. The van der Waals surface area contributed by atoms with Crippen LogP contribution in [-0.4, -0.2) is 43.0 Å². The fraction of sp³-hybridized carbons (Fsp3) is 0.333. The van der Waals surface area contributed by atoms with E-state index < -0.39 is 6.04 Å². The van der Waals surface area contributed by atoms with Crippen LogP contribution in [0.25, 0.3) is 0 Å². The van der Waals surface area contributed by atoms with Gasteiger partial charge in [-0.05, 0) is 49.7 Å². The van der Waals surface area contributed by atoms with E-state index in [9.17, 15) is 9.59 Å². The highest BCUT2D eigenvalue weighted by Crippen LogP contribution is 2.27. The number of hydrogen-bond donors (Lipinski definition) is 1. The Balaban J connectivity index is 2.18. The maximum atomic E-state index is 12.9. The number of ether oxygens (including phenoxy) is 2. The Morgan fingerprint density at radius 2 is 2.00 bits per heavy atom. The van der Waals surface area contributed by atoms with Gasteiger partial charge in [0.15, 0.2) is 6.61 Å². The Kier molecular flexibility index (Phi) is 8.79. The molecule has 0 saturated carbocycles. The van der Waals surface area contributed by atoms with Gasteiger partial charge in [-0.25, -0.2) is 0 Å². The average Bonchev–Trinajstić information content (AvgIpc) is 2.71. The minimum Gasteiger partial charge on any atom is -0.497 e. The number of nitrogens with one attached hydrogen (secondary N) is 1. The lowest BCUT2D eigenvalue weighted by atomic mass is 10.1. The van der Waals surface area contributed by atoms with Crippen molar-refractivity contribution in [2.24, 2.45) is 0 Å². The number of carbonyl (C=O) groups excluding carboxylic acids is 2. The Labute approximate surface area is 184 Å². The molecule has 2 aromatic carbocycles. The normalized spacial score (nSPS) is 11.5. The molecule has 1 N–H and O–H groups in total. The van der Waals surface area contributed by atoms with E-state index in [-0.39, 0.29) is 25.0 Å². The summed E-state index contributed by atoms with van der Waals surface area (Å²) in [5.41, 5.74) is 0.843. The first kappa shape index (κ1) is 23.0. The lowest BCUT2D eigenvalue weighted by molar-refractivity contribution is -0.142. The number of halogens is 2. The molecular formula is C21H24BrClN2O4. The van der Waals surface area contributed by atoms with Crippen LogP contribution in [0, 0.1) is 0 Å². The van der Waals surface area contributed by atoms with Crippen molar-refractivity contribution in [1.82, 2.24) is 10.2 Å². The molecular weight excluding hydrogens is 460 g/mol. The van der Waals surface area contributed by atoms with Gasteiger partial charge < -0.3 is 19.7 Å². The molecule has 8 heteroatoms. The van der Waals surface area contributed by atoms with Gasteiger partial charge in [0.2, 0.25) is 5.91 Å². The van der Waals surface area contributed by atoms with Crippen molar-refractivity contribution in [3.05, 3.63) is 57.5 Å². The van der Waals surface area contributed by atoms with Gasteiger partial charge in [-0.1, -0.05) is 39.7 Å². The predicted octanol–water partition coefficient (Wildman–Crippen LogP) is 4.04. The van der Waals surface area contributed by atoms with Crippen LogP contribution in [0.2, 0.25) is 5.02 Å². The summed E-state index contributed by atoms with van der Waals surface area (Å²) in [4.78, 5) is 26.8. The third-order valence-electron chi connectivity index (χ3n) is 4.25. The summed E-state index contributed by atoms with van der Waals surface area (Å²) in [7, 11) is 1.58. The number of benzene rings is 2. The summed E-state index contributed by atoms with van der Waals surface area (Å²) < 4.78 is 11.7. The molecule has 156 valence electrons. The van der Waals surface area contributed by atoms with Gasteiger partial charge in [-0.3, -0.25) is 9.59 Å². The lowest BCUT2D eigenvalue weighted by Gasteiger charge is -2.28. The smallest absolute Gasteiger partial charge is 0.261 e. The van der Waals surface area contributed by atoms with E-state index in [0.29, 0.717) is 23.1 Å². The molecule has 0 radical (unpaired) electrons. The van der Waals surface area contributed by atoms with E-state index in [2.05, 4.69) is 21.2 Å². The average molecular weight is 484 g/mol. The zero-order valence-electron chi connectivity index (χ0n) is 16.6. The monoisotopic (exact) mass is 482 g/mol. The molecule has 2 aromatic rings. The van der Waals surface area contributed by atoms with E-state index in [1.807, 2.05) is 31.2 Å². The van der Waals surface area contributed by atoms with E-state index in [4.69, 9.17) is 21.1 Å². The van der Waals surface area contributed by atoms with Crippen LogP contribution in [0.3, 0.4) is 0 Å². The molecule has 2 amide bonds. The molecule has 0 unspecified atom stereocenters. The standard InChI is InChI=1S/C21H24BrClN2O4/c1-4-24-21(27)14(2)25(12-15-6-5-7-17(10-15)28-3)20(26)13-29-19-9-8-16(22)11-18(19)23/h5-11,14H,4,12-13H2,1-3H3,(H,24,27)/t14-/m0/s1. The third kappa shape index (κ3) is 6.65. The van der Waals surface area contributed by atoms with Crippen molar-refractivity contribution < 1.29 is 19.1 Å². The second-order valence-electron chi connectivity index (χ2n) is 6.31. The largest absolute Gasteiger partial charge is 0.497 e. The van der Waals surface area contributed by atoms with Crippen LogP contribution < -0.4 is 14.8 Å². The molecule has 0 spiro atoms. The molecule has 0 saturated heterocycles. The summed E-state index contributed by atoms with van der Waals surface area (Å²) >= 11 is 9.48. The van der Waals surface area contributed by atoms with Crippen LogP contribution >= 0.6 is 27.5 Å². The molecule has 29 heavy (non-hydrogen) atoms. The molecule has 0 heterocycles. The summed E-state index contributed by atoms with van der Waals surface area (Å²) in [5.74, 6) is 0.518. The van der Waals surface area contributed by atoms with Crippen molar-refractivity contribution in [3.63, 3.8) is 0 Å². The number of methoxy groups -OCH3 is 1. The van der Waals surface area contributed by atoms with Crippen molar-refractivity contribution in [2.45, 2.75) is 26.4 Å². The van der Waals surface area contributed by atoms with Gasteiger partial charge in [-0.2, -0.15) is 0 Å². The molecule has 0 bridgehead atoms. The van der Waals surface area contributed by atoms with Crippen LogP contribution in [0.4, 0.5) is 0 Å². The fourth-order valence-electron chi connectivity index (χ4n) is 2.69. The second-order valence-corrected chi connectivity index (χ2v) is 7.63. The zero-order chi connectivity index (χ0) is 21.4. The first-order valence-electron chi connectivity index (χ1n) is 9.13. The minimum atomic E-state index is -0.669. The predicted molar refractivity (Wildman–Crippen MR) is 116 cm³/mol. The molecule has 0 fully saturated rings. The van der Waals surface area contributed by atoms with Crippen LogP contribution in [0.1, 0.15) is 19.4 Å². The van der Waals surface area contributed by atoms with Crippen LogP contribution in [-0.2, 0) is 16.1 Å². The molecule has 1 atom stereocenters. The van der Waals surface area contributed by atoms with Crippen molar-refractivity contribution in [1.29, 1.82) is 0 Å². The molecule has 6 nitrogen and oxygen atoms in total. The highest BCUT2D eigenvalue weighted by Gasteiger charge is 2.26. The van der Waals surface area contributed by atoms with E-state index >= 15 is 0 Å². The van der Waals surface area contributed by atoms with Gasteiger partial charge in [0.1, 0.15) is 17.5 Å². The van der Waals surface area contributed by atoms with Gasteiger partial charge in [-0.15, -0.1) is 0 Å². The summed E-state index contributed by atoms with van der Waals surface area (Å²) in [5, 5.41) is 3.15. The highest BCUT2D eigenvalue weighted by molar-refractivity contribution is 9.10. The van der Waals surface area contributed by atoms with Crippen LogP contribution in [0.5, 0.6) is 11.5 Å². The second kappa shape index (κ2) is 11.1.